The Labute approximate surface area is 112 Å². The third-order valence-electron chi connectivity index (χ3n) is 2.48. The number of rotatable bonds is 7. The Morgan fingerprint density at radius 3 is 2.79 bits per heavy atom. The molecule has 19 heavy (non-hydrogen) atoms. The zero-order valence-electron chi connectivity index (χ0n) is 10.9. The molecule has 6 nitrogen and oxygen atoms in total. The van der Waals surface area contributed by atoms with E-state index in [1.54, 1.807) is 24.3 Å². The number of hydrogen-bond donors (Lipinski definition) is 3. The van der Waals surface area contributed by atoms with Crippen LogP contribution in [0.15, 0.2) is 24.3 Å². The van der Waals surface area contributed by atoms with Crippen LogP contribution in [0, 0.1) is 0 Å². The van der Waals surface area contributed by atoms with Gasteiger partial charge in [0.1, 0.15) is 5.75 Å². The van der Waals surface area contributed by atoms with E-state index in [2.05, 4.69) is 5.32 Å². The minimum Gasteiger partial charge on any atom is -0.493 e. The fourth-order valence-corrected chi connectivity index (χ4v) is 1.41. The molecule has 0 aliphatic carbocycles. The molecule has 0 aliphatic heterocycles. The highest BCUT2D eigenvalue weighted by Gasteiger charge is 2.06. The number of hydrogen-bond acceptors (Lipinski definition) is 4. The molecule has 1 aromatic carbocycles. The fourth-order valence-electron chi connectivity index (χ4n) is 1.41. The lowest BCUT2D eigenvalue weighted by molar-refractivity contribution is -0.122. The van der Waals surface area contributed by atoms with Gasteiger partial charge in [-0.2, -0.15) is 0 Å². The van der Waals surface area contributed by atoms with Gasteiger partial charge in [0.25, 0.3) is 0 Å². The second-order valence-electron chi connectivity index (χ2n) is 4.19. The van der Waals surface area contributed by atoms with Gasteiger partial charge in [-0.15, -0.1) is 0 Å². The average Bonchev–Trinajstić information content (AvgIpc) is 2.38. The number of primary amides is 1. The maximum absolute atomic E-state index is 11.5. The van der Waals surface area contributed by atoms with Crippen LogP contribution < -0.4 is 21.5 Å². The third kappa shape index (κ3) is 5.39. The zero-order valence-corrected chi connectivity index (χ0v) is 10.9. The maximum atomic E-state index is 11.5. The molecule has 0 spiro atoms. The minimum absolute atomic E-state index is 0.0503. The van der Waals surface area contributed by atoms with Gasteiger partial charge in [-0.3, -0.25) is 9.59 Å². The van der Waals surface area contributed by atoms with Crippen molar-refractivity contribution in [3.05, 3.63) is 29.8 Å². The van der Waals surface area contributed by atoms with Crippen LogP contribution in [0.4, 0.5) is 0 Å². The summed E-state index contributed by atoms with van der Waals surface area (Å²) >= 11 is 0. The molecular weight excluding hydrogens is 246 g/mol. The second-order valence-corrected chi connectivity index (χ2v) is 4.19. The van der Waals surface area contributed by atoms with Crippen molar-refractivity contribution >= 4 is 11.8 Å². The van der Waals surface area contributed by atoms with Gasteiger partial charge in [-0.25, -0.2) is 0 Å². The lowest BCUT2D eigenvalue weighted by atomic mass is 10.2. The SMILES string of the molecule is C[C@@H](CN)NC(=O)CCOc1cccc(C(N)=O)c1. The smallest absolute Gasteiger partial charge is 0.248 e. The number of benzene rings is 1. The largest absolute Gasteiger partial charge is 0.493 e. The first kappa shape index (κ1) is 15.0. The molecule has 0 aliphatic rings. The molecule has 104 valence electrons. The van der Waals surface area contributed by atoms with Crippen LogP contribution in [0.2, 0.25) is 0 Å². The number of carbonyl (C=O) groups excluding carboxylic acids is 2. The van der Waals surface area contributed by atoms with Crippen molar-refractivity contribution in [2.75, 3.05) is 13.2 Å². The summed E-state index contributed by atoms with van der Waals surface area (Å²) in [6.07, 6.45) is 0.227. The topological polar surface area (TPSA) is 107 Å². The number of amides is 2. The molecular formula is C13H19N3O3. The van der Waals surface area contributed by atoms with Gasteiger partial charge in [-0.05, 0) is 25.1 Å². The molecule has 1 atom stereocenters. The van der Waals surface area contributed by atoms with E-state index in [-0.39, 0.29) is 25.0 Å². The van der Waals surface area contributed by atoms with Crippen LogP contribution in [0.3, 0.4) is 0 Å². The van der Waals surface area contributed by atoms with Crippen LogP contribution in [-0.2, 0) is 4.79 Å². The van der Waals surface area contributed by atoms with Crippen molar-refractivity contribution in [2.24, 2.45) is 11.5 Å². The summed E-state index contributed by atoms with van der Waals surface area (Å²) in [7, 11) is 0. The van der Waals surface area contributed by atoms with Gasteiger partial charge >= 0.3 is 0 Å². The molecule has 0 radical (unpaired) electrons. The molecule has 0 fully saturated rings. The second kappa shape index (κ2) is 7.38. The summed E-state index contributed by atoms with van der Waals surface area (Å²) in [6.45, 7) is 2.45. The normalized spacial score (nSPS) is 11.7. The van der Waals surface area contributed by atoms with Crippen molar-refractivity contribution < 1.29 is 14.3 Å². The molecule has 0 saturated carbocycles. The molecule has 2 amide bonds. The average molecular weight is 265 g/mol. The Morgan fingerprint density at radius 1 is 1.42 bits per heavy atom. The molecule has 0 bridgehead atoms. The Hall–Kier alpha value is -2.08. The summed E-state index contributed by atoms with van der Waals surface area (Å²) in [5.41, 5.74) is 10.9. The standard InChI is InChI=1S/C13H19N3O3/c1-9(8-14)16-12(17)5-6-19-11-4-2-3-10(7-11)13(15)18/h2-4,7,9H,5-6,8,14H2,1H3,(H2,15,18)(H,16,17)/t9-/m0/s1. The van der Waals surface area contributed by atoms with Gasteiger partial charge in [0.15, 0.2) is 0 Å². The van der Waals surface area contributed by atoms with Crippen molar-refractivity contribution in [2.45, 2.75) is 19.4 Å². The van der Waals surface area contributed by atoms with Crippen LogP contribution in [-0.4, -0.2) is 31.0 Å². The molecule has 0 saturated heterocycles. The van der Waals surface area contributed by atoms with E-state index in [1.165, 1.54) is 0 Å². The van der Waals surface area contributed by atoms with Crippen LogP contribution in [0.25, 0.3) is 0 Å². The van der Waals surface area contributed by atoms with Crippen LogP contribution in [0.1, 0.15) is 23.7 Å². The first-order chi connectivity index (χ1) is 9.02. The Morgan fingerprint density at radius 2 is 2.16 bits per heavy atom. The first-order valence-corrected chi connectivity index (χ1v) is 6.05. The predicted octanol–water partition coefficient (Wildman–Crippen LogP) is 0.0178. The van der Waals surface area contributed by atoms with E-state index in [0.29, 0.717) is 17.9 Å². The minimum atomic E-state index is -0.514. The van der Waals surface area contributed by atoms with E-state index in [9.17, 15) is 9.59 Å². The number of carbonyl (C=O) groups is 2. The Kier molecular flexibility index (Phi) is 5.81. The van der Waals surface area contributed by atoms with Crippen molar-refractivity contribution in [1.82, 2.24) is 5.32 Å². The van der Waals surface area contributed by atoms with Gasteiger partial charge in [0.05, 0.1) is 13.0 Å². The lowest BCUT2D eigenvalue weighted by Gasteiger charge is -2.11. The van der Waals surface area contributed by atoms with E-state index < -0.39 is 5.91 Å². The number of ether oxygens (including phenoxy) is 1. The van der Waals surface area contributed by atoms with Crippen molar-refractivity contribution in [1.29, 1.82) is 0 Å². The number of nitrogens with one attached hydrogen (secondary N) is 1. The summed E-state index contributed by atoms with van der Waals surface area (Å²) in [6, 6.07) is 6.47. The zero-order chi connectivity index (χ0) is 14.3. The predicted molar refractivity (Wildman–Crippen MR) is 71.7 cm³/mol. The van der Waals surface area contributed by atoms with E-state index in [1.807, 2.05) is 6.92 Å². The molecule has 0 unspecified atom stereocenters. The highest BCUT2D eigenvalue weighted by atomic mass is 16.5. The van der Waals surface area contributed by atoms with Gasteiger partial charge in [0, 0.05) is 18.2 Å². The maximum Gasteiger partial charge on any atom is 0.248 e. The van der Waals surface area contributed by atoms with Gasteiger partial charge < -0.3 is 21.5 Å². The van der Waals surface area contributed by atoms with Crippen LogP contribution >= 0.6 is 0 Å². The molecule has 0 heterocycles. The monoisotopic (exact) mass is 265 g/mol. The molecule has 0 aromatic heterocycles. The summed E-state index contributed by atoms with van der Waals surface area (Å²) < 4.78 is 5.38. The van der Waals surface area contributed by atoms with E-state index >= 15 is 0 Å². The summed E-state index contributed by atoms with van der Waals surface area (Å²) in [5.74, 6) is -0.125. The molecule has 1 rings (SSSR count). The van der Waals surface area contributed by atoms with Gasteiger partial charge in [0.2, 0.25) is 11.8 Å². The van der Waals surface area contributed by atoms with Crippen molar-refractivity contribution in [3.63, 3.8) is 0 Å². The lowest BCUT2D eigenvalue weighted by Crippen LogP contribution is -2.38. The molecule has 6 heteroatoms. The summed E-state index contributed by atoms with van der Waals surface area (Å²) in [5, 5.41) is 2.73. The van der Waals surface area contributed by atoms with E-state index in [0.717, 1.165) is 0 Å². The molecule has 1 aromatic rings. The quantitative estimate of drug-likeness (QED) is 0.645. The highest BCUT2D eigenvalue weighted by Crippen LogP contribution is 2.13. The van der Waals surface area contributed by atoms with E-state index in [4.69, 9.17) is 16.2 Å². The first-order valence-electron chi connectivity index (χ1n) is 6.05. The van der Waals surface area contributed by atoms with Crippen LogP contribution in [0.5, 0.6) is 5.75 Å². The molecule has 5 N–H and O–H groups in total. The number of nitrogens with two attached hydrogens (primary N) is 2. The summed E-state index contributed by atoms with van der Waals surface area (Å²) in [4.78, 5) is 22.4. The van der Waals surface area contributed by atoms with Crippen molar-refractivity contribution in [3.8, 4) is 5.75 Å². The Bertz CT molecular complexity index is 449. The van der Waals surface area contributed by atoms with Gasteiger partial charge in [-0.1, -0.05) is 6.07 Å². The third-order valence-corrected chi connectivity index (χ3v) is 2.48. The Balaban J connectivity index is 2.39. The highest BCUT2D eigenvalue weighted by molar-refractivity contribution is 5.93. The fraction of sp³-hybridized carbons (Fsp3) is 0.385.